The monoisotopic (exact) mass is 197 g/mol. The minimum absolute atomic E-state index is 0.835. The summed E-state index contributed by atoms with van der Waals surface area (Å²) < 4.78 is 5.41. The number of hydrogen-bond donors (Lipinski definition) is 0. The Morgan fingerprint density at radius 1 is 1.07 bits per heavy atom. The Kier molecular flexibility index (Phi) is 3.82. The fraction of sp³-hybridized carbons (Fsp3) is 1.00. The molecule has 0 aromatic carbocycles. The third-order valence-corrected chi connectivity index (χ3v) is 3.93. The van der Waals surface area contributed by atoms with Gasteiger partial charge in [-0.25, -0.2) is 0 Å². The lowest BCUT2D eigenvalue weighted by molar-refractivity contribution is 0.0209. The van der Waals surface area contributed by atoms with Crippen molar-refractivity contribution in [3.05, 3.63) is 0 Å². The summed E-state index contributed by atoms with van der Waals surface area (Å²) in [6, 6.07) is 0.835. The standard InChI is InChI=1S/C12H23NO/c1-2-11-3-7-13(8-4-11)12-5-9-14-10-6-12/h11-12H,2-10H2,1H3. The van der Waals surface area contributed by atoms with Crippen molar-refractivity contribution in [2.24, 2.45) is 5.92 Å². The molecule has 2 rings (SSSR count). The van der Waals surface area contributed by atoms with Crippen molar-refractivity contribution < 1.29 is 4.74 Å². The molecule has 0 spiro atoms. The fourth-order valence-electron chi connectivity index (χ4n) is 2.78. The molecule has 0 saturated carbocycles. The molecule has 0 aliphatic carbocycles. The molecule has 14 heavy (non-hydrogen) atoms. The maximum atomic E-state index is 5.41. The van der Waals surface area contributed by atoms with Crippen LogP contribution in [-0.4, -0.2) is 37.2 Å². The van der Waals surface area contributed by atoms with E-state index in [4.69, 9.17) is 4.74 Å². The van der Waals surface area contributed by atoms with Gasteiger partial charge in [0.05, 0.1) is 0 Å². The maximum absolute atomic E-state index is 5.41. The van der Waals surface area contributed by atoms with Gasteiger partial charge in [-0.05, 0) is 44.7 Å². The van der Waals surface area contributed by atoms with Crippen molar-refractivity contribution in [1.82, 2.24) is 4.90 Å². The van der Waals surface area contributed by atoms with Crippen LogP contribution in [0.25, 0.3) is 0 Å². The van der Waals surface area contributed by atoms with Gasteiger partial charge < -0.3 is 9.64 Å². The van der Waals surface area contributed by atoms with Crippen LogP contribution in [-0.2, 0) is 4.74 Å². The first-order valence-electron chi connectivity index (χ1n) is 6.22. The van der Waals surface area contributed by atoms with Crippen molar-refractivity contribution in [3.8, 4) is 0 Å². The largest absolute Gasteiger partial charge is 0.381 e. The third-order valence-electron chi connectivity index (χ3n) is 3.93. The molecule has 0 N–H and O–H groups in total. The summed E-state index contributed by atoms with van der Waals surface area (Å²) in [5.41, 5.74) is 0. The van der Waals surface area contributed by atoms with Gasteiger partial charge in [0, 0.05) is 19.3 Å². The van der Waals surface area contributed by atoms with E-state index in [2.05, 4.69) is 11.8 Å². The molecule has 2 fully saturated rings. The Hall–Kier alpha value is -0.0800. The van der Waals surface area contributed by atoms with Gasteiger partial charge in [0.15, 0.2) is 0 Å². The summed E-state index contributed by atoms with van der Waals surface area (Å²) in [5.74, 6) is 1.01. The third kappa shape index (κ3) is 2.48. The number of hydrogen-bond acceptors (Lipinski definition) is 2. The van der Waals surface area contributed by atoms with Crippen LogP contribution >= 0.6 is 0 Å². The first-order chi connectivity index (χ1) is 6.90. The molecule has 0 amide bonds. The van der Waals surface area contributed by atoms with E-state index in [0.29, 0.717) is 0 Å². The summed E-state index contributed by atoms with van der Waals surface area (Å²) in [6.07, 6.45) is 6.75. The highest BCUT2D eigenvalue weighted by molar-refractivity contribution is 4.79. The Labute approximate surface area is 87.6 Å². The summed E-state index contributed by atoms with van der Waals surface area (Å²) in [4.78, 5) is 2.70. The molecule has 82 valence electrons. The van der Waals surface area contributed by atoms with E-state index in [-0.39, 0.29) is 0 Å². The van der Waals surface area contributed by atoms with E-state index in [1.807, 2.05) is 0 Å². The van der Waals surface area contributed by atoms with Crippen LogP contribution in [0.5, 0.6) is 0 Å². The van der Waals surface area contributed by atoms with E-state index >= 15 is 0 Å². The summed E-state index contributed by atoms with van der Waals surface area (Å²) in [7, 11) is 0. The fourth-order valence-corrected chi connectivity index (χ4v) is 2.78. The number of rotatable bonds is 2. The summed E-state index contributed by atoms with van der Waals surface area (Å²) >= 11 is 0. The summed E-state index contributed by atoms with van der Waals surface area (Å²) in [5, 5.41) is 0. The minimum atomic E-state index is 0.835. The lowest BCUT2D eigenvalue weighted by Crippen LogP contribution is -2.44. The van der Waals surface area contributed by atoms with Gasteiger partial charge in [0.1, 0.15) is 0 Å². The van der Waals surface area contributed by atoms with Crippen molar-refractivity contribution in [2.75, 3.05) is 26.3 Å². The van der Waals surface area contributed by atoms with E-state index in [1.54, 1.807) is 0 Å². The van der Waals surface area contributed by atoms with Crippen molar-refractivity contribution in [3.63, 3.8) is 0 Å². The maximum Gasteiger partial charge on any atom is 0.0480 e. The number of likely N-dealkylation sites (tertiary alicyclic amines) is 1. The molecule has 2 aliphatic heterocycles. The van der Waals surface area contributed by atoms with Gasteiger partial charge in [-0.3, -0.25) is 0 Å². The predicted molar refractivity (Wildman–Crippen MR) is 58.4 cm³/mol. The first kappa shape index (κ1) is 10.4. The average Bonchev–Trinajstić information content (AvgIpc) is 2.30. The van der Waals surface area contributed by atoms with Crippen LogP contribution in [0.1, 0.15) is 39.0 Å². The molecule has 0 unspecified atom stereocenters. The van der Waals surface area contributed by atoms with Gasteiger partial charge in [0.25, 0.3) is 0 Å². The highest BCUT2D eigenvalue weighted by Crippen LogP contribution is 2.24. The van der Waals surface area contributed by atoms with E-state index in [1.165, 1.54) is 45.2 Å². The first-order valence-corrected chi connectivity index (χ1v) is 6.22. The van der Waals surface area contributed by atoms with Gasteiger partial charge in [0.2, 0.25) is 0 Å². The van der Waals surface area contributed by atoms with Crippen LogP contribution in [0.4, 0.5) is 0 Å². The smallest absolute Gasteiger partial charge is 0.0480 e. The zero-order valence-electron chi connectivity index (χ0n) is 9.37. The zero-order valence-corrected chi connectivity index (χ0v) is 9.37. The molecule has 2 saturated heterocycles. The van der Waals surface area contributed by atoms with Crippen molar-refractivity contribution in [1.29, 1.82) is 0 Å². The second kappa shape index (κ2) is 5.13. The van der Waals surface area contributed by atoms with Gasteiger partial charge in [-0.15, -0.1) is 0 Å². The normalized spacial score (nSPS) is 28.1. The van der Waals surface area contributed by atoms with Gasteiger partial charge in [-0.2, -0.15) is 0 Å². The van der Waals surface area contributed by atoms with Crippen LogP contribution in [0.15, 0.2) is 0 Å². The average molecular weight is 197 g/mol. The van der Waals surface area contributed by atoms with E-state index in [9.17, 15) is 0 Å². The molecule has 2 heteroatoms. The van der Waals surface area contributed by atoms with E-state index < -0.39 is 0 Å². The van der Waals surface area contributed by atoms with Crippen LogP contribution in [0.3, 0.4) is 0 Å². The van der Waals surface area contributed by atoms with Crippen LogP contribution < -0.4 is 0 Å². The topological polar surface area (TPSA) is 12.5 Å². The lowest BCUT2D eigenvalue weighted by atomic mass is 9.92. The number of ether oxygens (including phenoxy) is 1. The molecular formula is C12H23NO. The van der Waals surface area contributed by atoms with E-state index in [0.717, 1.165) is 25.2 Å². The molecule has 0 atom stereocenters. The molecule has 2 nitrogen and oxygen atoms in total. The Morgan fingerprint density at radius 2 is 1.71 bits per heavy atom. The van der Waals surface area contributed by atoms with Crippen molar-refractivity contribution >= 4 is 0 Å². The molecule has 0 aromatic heterocycles. The number of piperidine rings is 1. The Morgan fingerprint density at radius 3 is 2.29 bits per heavy atom. The van der Waals surface area contributed by atoms with Crippen LogP contribution in [0, 0.1) is 5.92 Å². The quantitative estimate of drug-likeness (QED) is 0.673. The molecular weight excluding hydrogens is 174 g/mol. The summed E-state index contributed by atoms with van der Waals surface area (Å²) in [6.45, 7) is 6.97. The van der Waals surface area contributed by atoms with Crippen molar-refractivity contribution in [2.45, 2.75) is 45.1 Å². The predicted octanol–water partition coefficient (Wildman–Crippen LogP) is 2.29. The van der Waals surface area contributed by atoms with Gasteiger partial charge >= 0.3 is 0 Å². The highest BCUT2D eigenvalue weighted by atomic mass is 16.5. The lowest BCUT2D eigenvalue weighted by Gasteiger charge is -2.39. The molecule has 2 aliphatic rings. The van der Waals surface area contributed by atoms with Gasteiger partial charge in [-0.1, -0.05) is 13.3 Å². The molecule has 0 aromatic rings. The SMILES string of the molecule is CCC1CCN(C2CCOCC2)CC1. The molecule has 0 bridgehead atoms. The highest BCUT2D eigenvalue weighted by Gasteiger charge is 2.25. The van der Waals surface area contributed by atoms with Crippen LogP contribution in [0.2, 0.25) is 0 Å². The number of nitrogens with zero attached hydrogens (tertiary/aromatic N) is 1. The minimum Gasteiger partial charge on any atom is -0.381 e. The second-order valence-corrected chi connectivity index (χ2v) is 4.73. The Bertz CT molecular complexity index is 158. The Balaban J connectivity index is 1.76. The zero-order chi connectivity index (χ0) is 9.80. The molecule has 0 radical (unpaired) electrons. The second-order valence-electron chi connectivity index (χ2n) is 4.73. The molecule has 2 heterocycles.